The van der Waals surface area contributed by atoms with E-state index < -0.39 is 4.92 Å². The highest BCUT2D eigenvalue weighted by Gasteiger charge is 2.24. The first kappa shape index (κ1) is 16.0. The van der Waals surface area contributed by atoms with E-state index in [1.807, 2.05) is 31.2 Å². The van der Waals surface area contributed by atoms with Crippen LogP contribution in [0.15, 0.2) is 64.6 Å². The number of aryl methyl sites for hydroxylation is 1. The van der Waals surface area contributed by atoms with E-state index in [0.29, 0.717) is 29.1 Å². The lowest BCUT2D eigenvalue weighted by molar-refractivity contribution is -0.384. The Bertz CT molecular complexity index is 1080. The molecule has 0 bridgehead atoms. The highest BCUT2D eigenvalue weighted by molar-refractivity contribution is 6.15. The maximum atomic E-state index is 12.5. The van der Waals surface area contributed by atoms with Gasteiger partial charge in [0.15, 0.2) is 5.78 Å². The molecule has 0 radical (unpaired) electrons. The fraction of sp³-hybridized carbons (Fsp3) is 0.0952. The third kappa shape index (κ3) is 2.73. The summed E-state index contributed by atoms with van der Waals surface area (Å²) < 4.78 is 5.84. The topological polar surface area (TPSA) is 73.3 Å². The van der Waals surface area contributed by atoms with Crippen molar-refractivity contribution < 1.29 is 14.1 Å². The van der Waals surface area contributed by atoms with Crippen LogP contribution in [0.2, 0.25) is 0 Å². The van der Waals surface area contributed by atoms with Gasteiger partial charge in [0, 0.05) is 35.3 Å². The molecule has 0 unspecified atom stereocenters. The monoisotopic (exact) mass is 345 g/mol. The Kier molecular flexibility index (Phi) is 3.77. The molecule has 0 amide bonds. The molecule has 0 fully saturated rings. The highest BCUT2D eigenvalue weighted by atomic mass is 16.6. The smallest absolute Gasteiger partial charge is 0.270 e. The van der Waals surface area contributed by atoms with Gasteiger partial charge in [0.2, 0.25) is 0 Å². The fourth-order valence-electron chi connectivity index (χ4n) is 3.21. The Labute approximate surface area is 149 Å². The molecule has 128 valence electrons. The van der Waals surface area contributed by atoms with Crippen molar-refractivity contribution in [3.63, 3.8) is 0 Å². The number of rotatable bonds is 3. The molecule has 5 heteroatoms. The summed E-state index contributed by atoms with van der Waals surface area (Å²) in [6.45, 7) is 1.87. The van der Waals surface area contributed by atoms with Crippen molar-refractivity contribution >= 4 is 17.5 Å². The number of non-ortho nitro benzene ring substituents is 1. The number of Topliss-reactive ketones (excluding diaryl/α,β-unsaturated/α-hetero) is 1. The van der Waals surface area contributed by atoms with Crippen LogP contribution in [0.5, 0.6) is 0 Å². The van der Waals surface area contributed by atoms with Crippen molar-refractivity contribution in [2.45, 2.75) is 13.3 Å². The zero-order chi connectivity index (χ0) is 18.3. The van der Waals surface area contributed by atoms with Gasteiger partial charge < -0.3 is 4.42 Å². The van der Waals surface area contributed by atoms with Crippen LogP contribution >= 0.6 is 0 Å². The van der Waals surface area contributed by atoms with Crippen LogP contribution in [0.4, 0.5) is 5.69 Å². The molecule has 1 aliphatic rings. The minimum atomic E-state index is -0.427. The summed E-state index contributed by atoms with van der Waals surface area (Å²) >= 11 is 0. The molecule has 1 aliphatic carbocycles. The number of allylic oxidation sites excluding steroid dienone is 1. The molecule has 0 atom stereocenters. The first-order valence-corrected chi connectivity index (χ1v) is 8.21. The summed E-state index contributed by atoms with van der Waals surface area (Å²) in [6.07, 6.45) is 2.33. The number of nitrogens with zero attached hydrogens (tertiary/aromatic N) is 1. The van der Waals surface area contributed by atoms with Crippen LogP contribution in [-0.4, -0.2) is 10.7 Å². The first-order chi connectivity index (χ1) is 12.5. The standard InChI is InChI=1S/C21H15NO4/c1-13-6-7-16(22(24)25)12-19(13)20-9-8-17(26-20)11-15-10-14-4-2-3-5-18(14)21(15)23/h2-9,11-12H,10H2,1H3/b15-11+. The van der Waals surface area contributed by atoms with Gasteiger partial charge in [0.1, 0.15) is 11.5 Å². The molecule has 1 heterocycles. The number of ketones is 1. The molecule has 3 aromatic rings. The second-order valence-corrected chi connectivity index (χ2v) is 6.29. The SMILES string of the molecule is Cc1ccc([N+](=O)[O-])cc1-c1ccc(/C=C2\Cc3ccccc3C2=O)o1. The second-order valence-electron chi connectivity index (χ2n) is 6.29. The maximum absolute atomic E-state index is 12.5. The van der Waals surface area contributed by atoms with Crippen LogP contribution in [-0.2, 0) is 6.42 Å². The lowest BCUT2D eigenvalue weighted by atomic mass is 10.1. The van der Waals surface area contributed by atoms with Crippen molar-refractivity contribution in [3.8, 4) is 11.3 Å². The van der Waals surface area contributed by atoms with Crippen molar-refractivity contribution in [1.82, 2.24) is 0 Å². The summed E-state index contributed by atoms with van der Waals surface area (Å²) in [5.74, 6) is 1.12. The van der Waals surface area contributed by atoms with Crippen molar-refractivity contribution in [2.75, 3.05) is 0 Å². The molecular weight excluding hydrogens is 330 g/mol. The van der Waals surface area contributed by atoms with Crippen LogP contribution in [0, 0.1) is 17.0 Å². The average Bonchev–Trinajstić information content (AvgIpc) is 3.21. The van der Waals surface area contributed by atoms with E-state index in [0.717, 1.165) is 16.7 Å². The van der Waals surface area contributed by atoms with Gasteiger partial charge in [-0.15, -0.1) is 0 Å². The zero-order valence-electron chi connectivity index (χ0n) is 14.1. The average molecular weight is 345 g/mol. The largest absolute Gasteiger partial charge is 0.457 e. The minimum absolute atomic E-state index is 0.0170. The number of furan rings is 1. The number of nitro groups is 1. The highest BCUT2D eigenvalue weighted by Crippen LogP contribution is 2.32. The maximum Gasteiger partial charge on any atom is 0.270 e. The van der Waals surface area contributed by atoms with Gasteiger partial charge in [-0.25, -0.2) is 0 Å². The zero-order valence-corrected chi connectivity index (χ0v) is 14.1. The number of hydrogen-bond acceptors (Lipinski definition) is 4. The van der Waals surface area contributed by atoms with Gasteiger partial charge in [-0.3, -0.25) is 14.9 Å². The van der Waals surface area contributed by atoms with Gasteiger partial charge in [-0.1, -0.05) is 30.3 Å². The van der Waals surface area contributed by atoms with Crippen LogP contribution in [0.3, 0.4) is 0 Å². The minimum Gasteiger partial charge on any atom is -0.457 e. The van der Waals surface area contributed by atoms with Gasteiger partial charge in [0.25, 0.3) is 5.69 Å². The summed E-state index contributed by atoms with van der Waals surface area (Å²) in [5.41, 5.74) is 4.01. The number of carbonyl (C=O) groups is 1. The summed E-state index contributed by atoms with van der Waals surface area (Å²) in [5, 5.41) is 11.0. The Morgan fingerprint density at radius 3 is 2.65 bits per heavy atom. The number of carbonyl (C=O) groups excluding carboxylic acids is 1. The van der Waals surface area contributed by atoms with E-state index in [1.165, 1.54) is 12.1 Å². The Balaban J connectivity index is 1.67. The second kappa shape index (κ2) is 6.11. The number of benzene rings is 2. The fourth-order valence-corrected chi connectivity index (χ4v) is 3.21. The molecule has 1 aromatic heterocycles. The first-order valence-electron chi connectivity index (χ1n) is 8.21. The molecule has 2 aromatic carbocycles. The predicted molar refractivity (Wildman–Crippen MR) is 98.0 cm³/mol. The molecule has 0 aliphatic heterocycles. The van der Waals surface area contributed by atoms with Gasteiger partial charge in [-0.2, -0.15) is 0 Å². The Morgan fingerprint density at radius 2 is 1.88 bits per heavy atom. The number of fused-ring (bicyclic) bond motifs is 1. The normalized spacial score (nSPS) is 14.7. The summed E-state index contributed by atoms with van der Waals surface area (Å²) in [4.78, 5) is 23.0. The van der Waals surface area contributed by atoms with Crippen LogP contribution < -0.4 is 0 Å². The van der Waals surface area contributed by atoms with E-state index >= 15 is 0 Å². The van der Waals surface area contributed by atoms with E-state index in [1.54, 1.807) is 24.3 Å². The third-order valence-electron chi connectivity index (χ3n) is 4.58. The van der Waals surface area contributed by atoms with E-state index in [-0.39, 0.29) is 11.5 Å². The van der Waals surface area contributed by atoms with E-state index in [9.17, 15) is 14.9 Å². The lowest BCUT2D eigenvalue weighted by Crippen LogP contribution is -1.94. The Morgan fingerprint density at radius 1 is 1.08 bits per heavy atom. The van der Waals surface area contributed by atoms with Crippen molar-refractivity contribution in [3.05, 3.63) is 92.7 Å². The van der Waals surface area contributed by atoms with E-state index in [4.69, 9.17) is 4.42 Å². The summed E-state index contributed by atoms with van der Waals surface area (Å²) in [6, 6.07) is 15.8. The molecular formula is C21H15NO4. The van der Waals surface area contributed by atoms with Crippen molar-refractivity contribution in [1.29, 1.82) is 0 Å². The molecule has 0 saturated heterocycles. The predicted octanol–water partition coefficient (Wildman–Crippen LogP) is 4.99. The van der Waals surface area contributed by atoms with Crippen molar-refractivity contribution in [2.24, 2.45) is 0 Å². The molecule has 5 nitrogen and oxygen atoms in total. The molecule has 4 rings (SSSR count). The molecule has 0 saturated carbocycles. The third-order valence-corrected chi connectivity index (χ3v) is 4.58. The summed E-state index contributed by atoms with van der Waals surface area (Å²) in [7, 11) is 0. The van der Waals surface area contributed by atoms with Gasteiger partial charge in [-0.05, 0) is 36.3 Å². The molecule has 0 N–H and O–H groups in total. The van der Waals surface area contributed by atoms with Gasteiger partial charge >= 0.3 is 0 Å². The number of hydrogen-bond donors (Lipinski definition) is 0. The lowest BCUT2D eigenvalue weighted by Gasteiger charge is -2.02. The number of nitro benzene ring substituents is 1. The Hall–Kier alpha value is -3.47. The molecule has 0 spiro atoms. The van der Waals surface area contributed by atoms with E-state index in [2.05, 4.69) is 0 Å². The quantitative estimate of drug-likeness (QED) is 0.381. The van der Waals surface area contributed by atoms with Crippen LogP contribution in [0.25, 0.3) is 17.4 Å². The molecule has 26 heavy (non-hydrogen) atoms. The van der Waals surface area contributed by atoms with Gasteiger partial charge in [0.05, 0.1) is 4.92 Å². The van der Waals surface area contributed by atoms with Crippen LogP contribution in [0.1, 0.15) is 27.2 Å².